The minimum atomic E-state index is -0.312. The van der Waals surface area contributed by atoms with Crippen LogP contribution >= 0.6 is 0 Å². The highest BCUT2D eigenvalue weighted by molar-refractivity contribution is 4.74. The molecule has 134 valence electrons. The summed E-state index contributed by atoms with van der Waals surface area (Å²) in [5.74, 6) is 0.372. The highest BCUT2D eigenvalue weighted by Gasteiger charge is 2.17. The molecule has 0 heterocycles. The molecule has 0 saturated carbocycles. The summed E-state index contributed by atoms with van der Waals surface area (Å²) in [6, 6.07) is -0.0580. The maximum atomic E-state index is 9.94. The Morgan fingerprint density at radius 1 is 0.682 bits per heavy atom. The van der Waals surface area contributed by atoms with Crippen molar-refractivity contribution >= 4 is 0 Å². The van der Waals surface area contributed by atoms with Gasteiger partial charge in [0, 0.05) is 6.04 Å². The van der Waals surface area contributed by atoms with Gasteiger partial charge in [-0.2, -0.15) is 0 Å². The van der Waals surface area contributed by atoms with Gasteiger partial charge in [-0.15, -0.1) is 0 Å². The zero-order chi connectivity index (χ0) is 16.6. The molecule has 2 atom stereocenters. The maximum Gasteiger partial charge on any atom is 0.0693 e. The fourth-order valence-corrected chi connectivity index (χ4v) is 3.01. The van der Waals surface area contributed by atoms with Crippen molar-refractivity contribution in [1.82, 2.24) is 0 Å². The Morgan fingerprint density at radius 3 is 1.41 bits per heavy atom. The largest absolute Gasteiger partial charge is 0.392 e. The summed E-state index contributed by atoms with van der Waals surface area (Å²) in [5.41, 5.74) is 5.96. The standard InChI is InChI=1S/C20H43NO/c1-4-5-6-7-8-9-10-11-12-13-14-15-16-17-19(22)20(21)18(2)3/h18-20,22H,4-17,21H2,1-3H3/t19-,20+/m1/s1. The van der Waals surface area contributed by atoms with Crippen LogP contribution in [-0.4, -0.2) is 17.3 Å². The number of unbranched alkanes of at least 4 members (excludes halogenated alkanes) is 12. The van der Waals surface area contributed by atoms with E-state index in [2.05, 4.69) is 20.8 Å². The van der Waals surface area contributed by atoms with Crippen LogP contribution in [0.15, 0.2) is 0 Å². The van der Waals surface area contributed by atoms with Crippen molar-refractivity contribution in [2.24, 2.45) is 11.7 Å². The lowest BCUT2D eigenvalue weighted by atomic mass is 9.95. The average Bonchev–Trinajstić information content (AvgIpc) is 2.50. The minimum Gasteiger partial charge on any atom is -0.392 e. The molecule has 0 amide bonds. The van der Waals surface area contributed by atoms with Crippen LogP contribution in [0.4, 0.5) is 0 Å². The SMILES string of the molecule is CCCCCCCCCCCCCCC[C@@H](O)[C@@H](N)C(C)C. The number of hydrogen-bond donors (Lipinski definition) is 2. The van der Waals surface area contributed by atoms with E-state index in [-0.39, 0.29) is 12.1 Å². The molecule has 0 aromatic heterocycles. The number of aliphatic hydroxyl groups excluding tert-OH is 1. The molecule has 2 heteroatoms. The molecular weight excluding hydrogens is 270 g/mol. The smallest absolute Gasteiger partial charge is 0.0693 e. The number of aliphatic hydroxyl groups is 1. The van der Waals surface area contributed by atoms with Crippen LogP contribution in [0.5, 0.6) is 0 Å². The van der Waals surface area contributed by atoms with Crippen LogP contribution in [-0.2, 0) is 0 Å². The molecule has 0 aromatic rings. The second-order valence-electron chi connectivity index (χ2n) is 7.42. The third-order valence-electron chi connectivity index (χ3n) is 4.82. The van der Waals surface area contributed by atoms with Crippen molar-refractivity contribution in [3.8, 4) is 0 Å². The lowest BCUT2D eigenvalue weighted by molar-refractivity contribution is 0.113. The molecule has 0 fully saturated rings. The first-order valence-electron chi connectivity index (χ1n) is 10.0. The van der Waals surface area contributed by atoms with Crippen molar-refractivity contribution in [2.75, 3.05) is 0 Å². The van der Waals surface area contributed by atoms with Crippen LogP contribution in [0.2, 0.25) is 0 Å². The van der Waals surface area contributed by atoms with Gasteiger partial charge in [-0.3, -0.25) is 0 Å². The quantitative estimate of drug-likeness (QED) is 0.353. The van der Waals surface area contributed by atoms with Gasteiger partial charge in [0.1, 0.15) is 0 Å². The van der Waals surface area contributed by atoms with Gasteiger partial charge < -0.3 is 10.8 Å². The predicted octanol–water partition coefficient (Wildman–Crippen LogP) is 5.81. The average molecular weight is 314 g/mol. The first-order chi connectivity index (χ1) is 10.6. The highest BCUT2D eigenvalue weighted by atomic mass is 16.3. The van der Waals surface area contributed by atoms with Crippen molar-refractivity contribution in [3.05, 3.63) is 0 Å². The normalized spacial score (nSPS) is 14.5. The maximum absolute atomic E-state index is 9.94. The molecule has 22 heavy (non-hydrogen) atoms. The van der Waals surface area contributed by atoms with Crippen LogP contribution in [0.3, 0.4) is 0 Å². The van der Waals surface area contributed by atoms with Crippen molar-refractivity contribution in [3.63, 3.8) is 0 Å². The van der Waals surface area contributed by atoms with Gasteiger partial charge in [0.25, 0.3) is 0 Å². The Balaban J connectivity index is 3.17. The molecule has 0 aliphatic rings. The first kappa shape index (κ1) is 21.9. The van der Waals surface area contributed by atoms with Crippen LogP contribution < -0.4 is 5.73 Å². The third-order valence-corrected chi connectivity index (χ3v) is 4.82. The van der Waals surface area contributed by atoms with Gasteiger partial charge in [0.2, 0.25) is 0 Å². The van der Waals surface area contributed by atoms with E-state index in [1.165, 1.54) is 77.0 Å². The molecular formula is C20H43NO. The molecule has 0 bridgehead atoms. The van der Waals surface area contributed by atoms with E-state index in [1.54, 1.807) is 0 Å². The number of hydrogen-bond acceptors (Lipinski definition) is 2. The summed E-state index contributed by atoms with van der Waals surface area (Å²) < 4.78 is 0. The van der Waals surface area contributed by atoms with Crippen LogP contribution in [0.25, 0.3) is 0 Å². The molecule has 2 nitrogen and oxygen atoms in total. The van der Waals surface area contributed by atoms with Gasteiger partial charge in [-0.05, 0) is 12.3 Å². The Labute approximate surface area is 140 Å². The number of nitrogens with two attached hydrogens (primary N) is 1. The monoisotopic (exact) mass is 313 g/mol. The first-order valence-corrected chi connectivity index (χ1v) is 10.0. The summed E-state index contributed by atoms with van der Waals surface area (Å²) >= 11 is 0. The summed E-state index contributed by atoms with van der Waals surface area (Å²) in [7, 11) is 0. The minimum absolute atomic E-state index is 0.0580. The molecule has 3 N–H and O–H groups in total. The Kier molecular flexibility index (Phi) is 15.7. The van der Waals surface area contributed by atoms with E-state index in [1.807, 2.05) is 0 Å². The summed E-state index contributed by atoms with van der Waals surface area (Å²) in [4.78, 5) is 0. The molecule has 0 aromatic carbocycles. The van der Waals surface area contributed by atoms with Crippen LogP contribution in [0, 0.1) is 5.92 Å². The second-order valence-corrected chi connectivity index (χ2v) is 7.42. The van der Waals surface area contributed by atoms with Gasteiger partial charge in [-0.25, -0.2) is 0 Å². The van der Waals surface area contributed by atoms with Crippen molar-refractivity contribution in [1.29, 1.82) is 0 Å². The molecule has 0 aliphatic heterocycles. The van der Waals surface area contributed by atoms with E-state index in [0.717, 1.165) is 12.8 Å². The zero-order valence-corrected chi connectivity index (χ0v) is 15.7. The third kappa shape index (κ3) is 13.6. The van der Waals surface area contributed by atoms with E-state index < -0.39 is 0 Å². The lowest BCUT2D eigenvalue weighted by Crippen LogP contribution is -2.39. The molecule has 0 radical (unpaired) electrons. The van der Waals surface area contributed by atoms with Gasteiger partial charge >= 0.3 is 0 Å². The molecule has 0 saturated heterocycles. The topological polar surface area (TPSA) is 46.2 Å². The van der Waals surface area contributed by atoms with Crippen molar-refractivity contribution < 1.29 is 5.11 Å². The Hall–Kier alpha value is -0.0800. The summed E-state index contributed by atoms with van der Waals surface area (Å²) in [6.45, 7) is 6.44. The van der Waals surface area contributed by atoms with Crippen molar-refractivity contribution in [2.45, 2.75) is 123 Å². The predicted molar refractivity (Wildman–Crippen MR) is 99.1 cm³/mol. The highest BCUT2D eigenvalue weighted by Crippen LogP contribution is 2.15. The molecule has 0 unspecified atom stereocenters. The second kappa shape index (κ2) is 15.8. The van der Waals surface area contributed by atoms with Gasteiger partial charge in [-0.1, -0.05) is 104 Å². The summed E-state index contributed by atoms with van der Waals surface area (Å²) in [6.07, 6.45) is 18.3. The fourth-order valence-electron chi connectivity index (χ4n) is 3.01. The Morgan fingerprint density at radius 2 is 1.05 bits per heavy atom. The van der Waals surface area contributed by atoms with E-state index in [4.69, 9.17) is 5.73 Å². The van der Waals surface area contributed by atoms with E-state index in [0.29, 0.717) is 5.92 Å². The fraction of sp³-hybridized carbons (Fsp3) is 1.00. The zero-order valence-electron chi connectivity index (χ0n) is 15.7. The van der Waals surface area contributed by atoms with Crippen LogP contribution in [0.1, 0.15) is 111 Å². The van der Waals surface area contributed by atoms with Gasteiger partial charge in [0.05, 0.1) is 6.10 Å². The molecule has 0 rings (SSSR count). The van der Waals surface area contributed by atoms with Gasteiger partial charge in [0.15, 0.2) is 0 Å². The van der Waals surface area contributed by atoms with E-state index >= 15 is 0 Å². The lowest BCUT2D eigenvalue weighted by Gasteiger charge is -2.21. The van der Waals surface area contributed by atoms with E-state index in [9.17, 15) is 5.11 Å². The number of rotatable bonds is 16. The summed E-state index contributed by atoms with van der Waals surface area (Å²) in [5, 5.41) is 9.94. The Bertz CT molecular complexity index is 218. The molecule has 0 aliphatic carbocycles. The molecule has 0 spiro atoms.